The molecule has 25 heavy (non-hydrogen) atoms. The molecule has 0 atom stereocenters. The van der Waals surface area contributed by atoms with Crippen molar-refractivity contribution in [2.45, 2.75) is 12.8 Å². The highest BCUT2D eigenvalue weighted by molar-refractivity contribution is 6.41. The van der Waals surface area contributed by atoms with Crippen LogP contribution in [-0.2, 0) is 11.2 Å². The first-order valence-electron chi connectivity index (χ1n) is 7.35. The molecule has 8 heteroatoms. The summed E-state index contributed by atoms with van der Waals surface area (Å²) in [5.74, 6) is 1.06. The summed E-state index contributed by atoms with van der Waals surface area (Å²) in [6.07, 6.45) is 0.807. The Morgan fingerprint density at radius 1 is 1.00 bits per heavy atom. The average molecular weight is 404 g/mol. The normalized spacial score (nSPS) is 10.3. The molecule has 0 spiro atoms. The lowest BCUT2D eigenvalue weighted by Gasteiger charge is -2.12. The molecule has 2 rings (SSSR count). The van der Waals surface area contributed by atoms with E-state index in [1.54, 1.807) is 20.3 Å². The lowest BCUT2D eigenvalue weighted by atomic mass is 10.1. The number of benzene rings is 2. The van der Waals surface area contributed by atoms with Crippen LogP contribution in [0.25, 0.3) is 0 Å². The second-order valence-corrected chi connectivity index (χ2v) is 6.36. The molecule has 2 aromatic rings. The number of hydrazine groups is 1. The van der Waals surface area contributed by atoms with E-state index in [9.17, 15) is 4.79 Å². The van der Waals surface area contributed by atoms with Crippen LogP contribution >= 0.6 is 34.8 Å². The van der Waals surface area contributed by atoms with Crippen LogP contribution in [0.3, 0.4) is 0 Å². The fourth-order valence-corrected chi connectivity index (χ4v) is 3.06. The van der Waals surface area contributed by atoms with Crippen molar-refractivity contribution >= 4 is 46.4 Å². The second-order valence-electron chi connectivity index (χ2n) is 5.11. The Kier molecular flexibility index (Phi) is 7.05. The molecule has 0 fully saturated rings. The van der Waals surface area contributed by atoms with Crippen molar-refractivity contribution in [2.75, 3.05) is 19.6 Å². The fraction of sp³-hybridized carbons (Fsp3) is 0.235. The lowest BCUT2D eigenvalue weighted by molar-refractivity contribution is -0.120. The maximum absolute atomic E-state index is 12.0. The minimum Gasteiger partial charge on any atom is -0.493 e. The monoisotopic (exact) mass is 402 g/mol. The zero-order chi connectivity index (χ0) is 18.4. The van der Waals surface area contributed by atoms with Gasteiger partial charge in [-0.2, -0.15) is 0 Å². The lowest BCUT2D eigenvalue weighted by Crippen LogP contribution is -2.29. The summed E-state index contributed by atoms with van der Waals surface area (Å²) in [6, 6.07) is 8.60. The first-order chi connectivity index (χ1) is 11.9. The quantitative estimate of drug-likeness (QED) is 0.656. The summed E-state index contributed by atoms with van der Waals surface area (Å²) in [6.45, 7) is 0. The van der Waals surface area contributed by atoms with Gasteiger partial charge in [-0.25, -0.2) is 0 Å². The number of rotatable bonds is 7. The van der Waals surface area contributed by atoms with Crippen molar-refractivity contribution in [1.82, 2.24) is 5.43 Å². The van der Waals surface area contributed by atoms with Gasteiger partial charge in [0.05, 0.1) is 30.0 Å². The first-order valence-corrected chi connectivity index (χ1v) is 8.48. The summed E-state index contributed by atoms with van der Waals surface area (Å²) >= 11 is 17.9. The largest absolute Gasteiger partial charge is 0.493 e. The Morgan fingerprint density at radius 3 is 2.24 bits per heavy atom. The number of methoxy groups -OCH3 is 2. The van der Waals surface area contributed by atoms with Crippen molar-refractivity contribution in [2.24, 2.45) is 0 Å². The van der Waals surface area contributed by atoms with Crippen LogP contribution < -0.4 is 20.3 Å². The van der Waals surface area contributed by atoms with Crippen LogP contribution in [0.5, 0.6) is 11.5 Å². The van der Waals surface area contributed by atoms with Crippen LogP contribution in [0.2, 0.25) is 15.1 Å². The third kappa shape index (κ3) is 5.33. The third-order valence-electron chi connectivity index (χ3n) is 3.42. The Balaban J connectivity index is 1.91. The molecule has 2 aromatic carbocycles. The number of carbonyl (C=O) groups is 1. The summed E-state index contributed by atoms with van der Waals surface area (Å²) in [7, 11) is 3.14. The number of carbonyl (C=O) groups excluding carboxylic acids is 1. The zero-order valence-corrected chi connectivity index (χ0v) is 15.9. The van der Waals surface area contributed by atoms with Crippen molar-refractivity contribution < 1.29 is 14.3 Å². The number of anilines is 1. The number of amides is 1. The van der Waals surface area contributed by atoms with E-state index < -0.39 is 0 Å². The van der Waals surface area contributed by atoms with E-state index >= 15 is 0 Å². The summed E-state index contributed by atoms with van der Waals surface area (Å²) < 4.78 is 10.4. The summed E-state index contributed by atoms with van der Waals surface area (Å²) in [4.78, 5) is 12.0. The number of aryl methyl sites for hydroxylation is 1. The van der Waals surface area contributed by atoms with Gasteiger partial charge in [-0.3, -0.25) is 15.6 Å². The maximum Gasteiger partial charge on any atom is 0.238 e. The Hall–Kier alpha value is -1.82. The molecule has 0 heterocycles. The molecule has 1 amide bonds. The minimum atomic E-state index is -0.211. The molecule has 0 aliphatic heterocycles. The van der Waals surface area contributed by atoms with E-state index in [2.05, 4.69) is 10.9 Å². The number of ether oxygens (including phenoxy) is 2. The van der Waals surface area contributed by atoms with E-state index in [4.69, 9.17) is 44.3 Å². The van der Waals surface area contributed by atoms with Gasteiger partial charge in [-0.05, 0) is 36.2 Å². The van der Waals surface area contributed by atoms with Gasteiger partial charge >= 0.3 is 0 Å². The summed E-state index contributed by atoms with van der Waals surface area (Å²) in [5.41, 5.74) is 6.63. The van der Waals surface area contributed by atoms with E-state index in [0.29, 0.717) is 38.7 Å². The first kappa shape index (κ1) is 19.5. The molecule has 0 aromatic heterocycles. The molecular weight excluding hydrogens is 387 g/mol. The van der Waals surface area contributed by atoms with E-state index in [1.165, 1.54) is 12.1 Å². The standard InChI is InChI=1S/C17H17Cl3N2O3/c1-24-14-5-3-10(7-15(14)25-2)4-6-16(23)21-22-17-12(19)8-11(18)9-13(17)20/h3,5,7-9,22H,4,6H2,1-2H3,(H,21,23). The summed E-state index contributed by atoms with van der Waals surface area (Å²) in [5, 5.41) is 1.05. The van der Waals surface area contributed by atoms with Gasteiger partial charge in [-0.1, -0.05) is 40.9 Å². The Bertz CT molecular complexity index is 746. The number of nitrogens with one attached hydrogen (secondary N) is 2. The molecule has 0 saturated heterocycles. The predicted octanol–water partition coefficient (Wildman–Crippen LogP) is 4.74. The zero-order valence-electron chi connectivity index (χ0n) is 13.7. The molecule has 0 saturated carbocycles. The number of halogens is 3. The van der Waals surface area contributed by atoms with Gasteiger partial charge in [0.25, 0.3) is 0 Å². The third-order valence-corrected chi connectivity index (χ3v) is 4.24. The van der Waals surface area contributed by atoms with Crippen LogP contribution in [0.4, 0.5) is 5.69 Å². The smallest absolute Gasteiger partial charge is 0.238 e. The van der Waals surface area contributed by atoms with Crippen molar-refractivity contribution in [1.29, 1.82) is 0 Å². The van der Waals surface area contributed by atoms with Crippen molar-refractivity contribution in [3.8, 4) is 11.5 Å². The van der Waals surface area contributed by atoms with Gasteiger partial charge < -0.3 is 9.47 Å². The van der Waals surface area contributed by atoms with Crippen molar-refractivity contribution in [3.63, 3.8) is 0 Å². The topological polar surface area (TPSA) is 59.6 Å². The highest BCUT2D eigenvalue weighted by atomic mass is 35.5. The molecule has 0 aliphatic rings. The van der Waals surface area contributed by atoms with Crippen LogP contribution in [0, 0.1) is 0 Å². The van der Waals surface area contributed by atoms with Crippen LogP contribution in [0.1, 0.15) is 12.0 Å². The van der Waals surface area contributed by atoms with Gasteiger partial charge in [0.1, 0.15) is 0 Å². The highest BCUT2D eigenvalue weighted by Gasteiger charge is 2.10. The Labute approximate surface area is 161 Å². The Morgan fingerprint density at radius 2 is 1.64 bits per heavy atom. The molecule has 134 valence electrons. The minimum absolute atomic E-state index is 0.211. The van der Waals surface area contributed by atoms with E-state index in [-0.39, 0.29) is 12.3 Å². The van der Waals surface area contributed by atoms with Crippen LogP contribution in [0.15, 0.2) is 30.3 Å². The molecule has 0 radical (unpaired) electrons. The van der Waals surface area contributed by atoms with Gasteiger partial charge in [0.2, 0.25) is 5.91 Å². The van der Waals surface area contributed by atoms with Gasteiger partial charge in [0.15, 0.2) is 11.5 Å². The molecule has 0 bridgehead atoms. The molecule has 2 N–H and O–H groups in total. The average Bonchev–Trinajstić information content (AvgIpc) is 2.58. The predicted molar refractivity (Wildman–Crippen MR) is 101 cm³/mol. The SMILES string of the molecule is COc1ccc(CCC(=O)NNc2c(Cl)cc(Cl)cc2Cl)cc1OC. The molecule has 5 nitrogen and oxygen atoms in total. The molecule has 0 unspecified atom stereocenters. The van der Waals surface area contributed by atoms with E-state index in [1.807, 2.05) is 12.1 Å². The highest BCUT2D eigenvalue weighted by Crippen LogP contribution is 2.33. The van der Waals surface area contributed by atoms with Crippen LogP contribution in [-0.4, -0.2) is 20.1 Å². The number of hydrogen-bond acceptors (Lipinski definition) is 4. The molecular formula is C17H17Cl3N2O3. The van der Waals surface area contributed by atoms with Gasteiger partial charge in [-0.15, -0.1) is 0 Å². The van der Waals surface area contributed by atoms with E-state index in [0.717, 1.165) is 5.56 Å². The fourth-order valence-electron chi connectivity index (χ4n) is 2.15. The maximum atomic E-state index is 12.0. The second kappa shape index (κ2) is 9.04. The van der Waals surface area contributed by atoms with Crippen molar-refractivity contribution in [3.05, 3.63) is 51.0 Å². The number of hydrogen-bond donors (Lipinski definition) is 2. The van der Waals surface area contributed by atoms with Gasteiger partial charge in [0, 0.05) is 11.4 Å². The molecule has 0 aliphatic carbocycles.